The zero-order valence-corrected chi connectivity index (χ0v) is 10.2. The van der Waals surface area contributed by atoms with E-state index in [1.54, 1.807) is 0 Å². The summed E-state index contributed by atoms with van der Waals surface area (Å²) in [4.78, 5) is 0. The van der Waals surface area contributed by atoms with E-state index in [9.17, 15) is 0 Å². The van der Waals surface area contributed by atoms with Gasteiger partial charge in [0.2, 0.25) is 0 Å². The summed E-state index contributed by atoms with van der Waals surface area (Å²) in [5.74, 6) is 0. The van der Waals surface area contributed by atoms with Crippen molar-refractivity contribution in [1.29, 1.82) is 0 Å². The van der Waals surface area contributed by atoms with Crippen molar-refractivity contribution < 1.29 is 5.11 Å². The van der Waals surface area contributed by atoms with Crippen LogP contribution in [0.3, 0.4) is 0 Å². The Balaban J connectivity index is 2.64. The summed E-state index contributed by atoms with van der Waals surface area (Å²) in [5, 5.41) is 8.89. The summed E-state index contributed by atoms with van der Waals surface area (Å²) in [6.07, 6.45) is 7.83. The molecule has 0 saturated heterocycles. The summed E-state index contributed by atoms with van der Waals surface area (Å²) >= 11 is 0. The highest BCUT2D eigenvalue weighted by atomic mass is 16.2. The van der Waals surface area contributed by atoms with Gasteiger partial charge in [0.1, 0.15) is 0 Å². The highest BCUT2D eigenvalue weighted by Crippen LogP contribution is 2.21. The first-order valence-electron chi connectivity index (χ1n) is 6.23. The molecule has 0 aromatic heterocycles. The Morgan fingerprint density at radius 1 is 1.19 bits per heavy atom. The van der Waals surface area contributed by atoms with E-state index < -0.39 is 0 Å². The van der Waals surface area contributed by atoms with Crippen LogP contribution < -0.4 is 0 Å². The van der Waals surface area contributed by atoms with Crippen molar-refractivity contribution in [3.05, 3.63) is 42.0 Å². The minimum Gasteiger partial charge on any atom is -0.396 e. The molecule has 88 valence electrons. The number of rotatable bonds is 7. The Morgan fingerprint density at radius 2 is 1.94 bits per heavy atom. The minimum absolute atomic E-state index is 0.240. The number of hydrogen-bond donors (Lipinski definition) is 1. The number of unbranched alkanes of at least 4 members (excludes halogenated alkanes) is 2. The third kappa shape index (κ3) is 4.63. The molecular formula is C15H22O. The maximum atomic E-state index is 8.89. The molecule has 0 radical (unpaired) electrons. The molecule has 0 saturated carbocycles. The molecule has 1 nitrogen and oxygen atoms in total. The van der Waals surface area contributed by atoms with E-state index in [4.69, 9.17) is 5.11 Å². The summed E-state index contributed by atoms with van der Waals surface area (Å²) in [6.45, 7) is 2.46. The Kier molecular flexibility index (Phi) is 6.59. The van der Waals surface area contributed by atoms with Crippen LogP contribution in [-0.2, 0) is 0 Å². The molecular weight excluding hydrogens is 196 g/mol. The van der Waals surface area contributed by atoms with Gasteiger partial charge >= 0.3 is 0 Å². The van der Waals surface area contributed by atoms with Gasteiger partial charge in [0, 0.05) is 6.61 Å². The molecule has 0 aliphatic heterocycles. The largest absolute Gasteiger partial charge is 0.396 e. The highest BCUT2D eigenvalue weighted by Gasteiger charge is 2.00. The maximum Gasteiger partial charge on any atom is 0.0465 e. The molecule has 1 aromatic carbocycles. The van der Waals surface area contributed by atoms with Crippen LogP contribution >= 0.6 is 0 Å². The lowest BCUT2D eigenvalue weighted by atomic mass is 9.99. The second kappa shape index (κ2) is 8.12. The van der Waals surface area contributed by atoms with E-state index in [0.717, 1.165) is 12.8 Å². The molecule has 0 aliphatic rings. The summed E-state index contributed by atoms with van der Waals surface area (Å²) < 4.78 is 0. The van der Waals surface area contributed by atoms with Gasteiger partial charge in [0.15, 0.2) is 0 Å². The predicted molar refractivity (Wildman–Crippen MR) is 70.3 cm³/mol. The molecule has 1 heteroatoms. The van der Waals surface area contributed by atoms with Crippen LogP contribution in [0.1, 0.15) is 44.6 Å². The van der Waals surface area contributed by atoms with Gasteiger partial charge in [0.25, 0.3) is 0 Å². The number of allylic oxidation sites excluding steroid dienone is 1. The molecule has 0 spiro atoms. The fourth-order valence-electron chi connectivity index (χ4n) is 1.82. The van der Waals surface area contributed by atoms with Crippen molar-refractivity contribution in [2.24, 2.45) is 0 Å². The molecule has 0 unspecified atom stereocenters. The van der Waals surface area contributed by atoms with Crippen LogP contribution in [0.5, 0.6) is 0 Å². The third-order valence-corrected chi connectivity index (χ3v) is 2.71. The summed E-state index contributed by atoms with van der Waals surface area (Å²) in [5.41, 5.74) is 2.68. The van der Waals surface area contributed by atoms with Crippen molar-refractivity contribution in [1.82, 2.24) is 0 Å². The first kappa shape index (κ1) is 13.0. The molecule has 0 bridgehead atoms. The fourth-order valence-corrected chi connectivity index (χ4v) is 1.82. The molecule has 16 heavy (non-hydrogen) atoms. The first-order valence-corrected chi connectivity index (χ1v) is 6.23. The Morgan fingerprint density at radius 3 is 2.56 bits per heavy atom. The second-order valence-corrected chi connectivity index (χ2v) is 4.06. The lowest BCUT2D eigenvalue weighted by Gasteiger charge is -2.07. The normalized spacial score (nSPS) is 11.8. The van der Waals surface area contributed by atoms with Gasteiger partial charge in [-0.2, -0.15) is 0 Å². The molecule has 1 N–H and O–H groups in total. The smallest absolute Gasteiger partial charge is 0.0465 e. The molecule has 0 heterocycles. The molecule has 1 rings (SSSR count). The number of hydrogen-bond acceptors (Lipinski definition) is 1. The Bertz CT molecular complexity index is 300. The first-order chi connectivity index (χ1) is 7.88. The third-order valence-electron chi connectivity index (χ3n) is 2.71. The van der Waals surface area contributed by atoms with E-state index in [-0.39, 0.29) is 6.61 Å². The lowest BCUT2D eigenvalue weighted by molar-refractivity contribution is 0.302. The zero-order chi connectivity index (χ0) is 11.6. The average molecular weight is 218 g/mol. The lowest BCUT2D eigenvalue weighted by Crippen LogP contribution is -1.87. The van der Waals surface area contributed by atoms with Crippen LogP contribution in [0.4, 0.5) is 0 Å². The van der Waals surface area contributed by atoms with Crippen LogP contribution in [0.25, 0.3) is 5.57 Å². The quantitative estimate of drug-likeness (QED) is 0.685. The van der Waals surface area contributed by atoms with Gasteiger partial charge in [-0.15, -0.1) is 0 Å². The van der Waals surface area contributed by atoms with Crippen molar-refractivity contribution in [2.75, 3.05) is 6.61 Å². The SMILES string of the molecule is CCCCC/C(=C/CCO)c1ccccc1. The molecule has 0 fully saturated rings. The van der Waals surface area contributed by atoms with Gasteiger partial charge in [0.05, 0.1) is 0 Å². The standard InChI is InChI=1S/C15H22O/c1-2-3-5-9-15(12-8-13-16)14-10-6-4-7-11-14/h4,6-7,10-12,16H,2-3,5,8-9,13H2,1H3/b15-12-. The van der Waals surface area contributed by atoms with E-state index in [1.807, 2.05) is 6.07 Å². The van der Waals surface area contributed by atoms with Gasteiger partial charge in [-0.1, -0.05) is 56.2 Å². The Hall–Kier alpha value is -1.08. The van der Waals surface area contributed by atoms with Crippen molar-refractivity contribution in [2.45, 2.75) is 39.0 Å². The molecule has 0 atom stereocenters. The minimum atomic E-state index is 0.240. The van der Waals surface area contributed by atoms with E-state index in [1.165, 1.54) is 30.4 Å². The van der Waals surface area contributed by atoms with Crippen molar-refractivity contribution in [3.8, 4) is 0 Å². The van der Waals surface area contributed by atoms with Crippen LogP contribution in [0.15, 0.2) is 36.4 Å². The highest BCUT2D eigenvalue weighted by molar-refractivity contribution is 5.65. The number of benzene rings is 1. The van der Waals surface area contributed by atoms with Crippen molar-refractivity contribution in [3.63, 3.8) is 0 Å². The van der Waals surface area contributed by atoms with Crippen LogP contribution in [0.2, 0.25) is 0 Å². The number of aliphatic hydroxyl groups is 1. The summed E-state index contributed by atoms with van der Waals surface area (Å²) in [7, 11) is 0. The number of aliphatic hydroxyl groups excluding tert-OH is 1. The van der Waals surface area contributed by atoms with Gasteiger partial charge < -0.3 is 5.11 Å². The predicted octanol–water partition coefficient (Wildman–Crippen LogP) is 4.03. The molecule has 0 amide bonds. The maximum absolute atomic E-state index is 8.89. The van der Waals surface area contributed by atoms with Crippen LogP contribution in [-0.4, -0.2) is 11.7 Å². The van der Waals surface area contributed by atoms with Gasteiger partial charge in [-0.25, -0.2) is 0 Å². The van der Waals surface area contributed by atoms with E-state index in [2.05, 4.69) is 37.3 Å². The molecule has 1 aromatic rings. The van der Waals surface area contributed by atoms with Gasteiger partial charge in [-0.3, -0.25) is 0 Å². The monoisotopic (exact) mass is 218 g/mol. The average Bonchev–Trinajstić information content (AvgIpc) is 2.35. The van der Waals surface area contributed by atoms with E-state index in [0.29, 0.717) is 0 Å². The Labute approximate surface area is 98.8 Å². The summed E-state index contributed by atoms with van der Waals surface area (Å²) in [6, 6.07) is 10.5. The van der Waals surface area contributed by atoms with Crippen LogP contribution in [0, 0.1) is 0 Å². The van der Waals surface area contributed by atoms with Crippen molar-refractivity contribution >= 4 is 5.57 Å². The van der Waals surface area contributed by atoms with E-state index >= 15 is 0 Å². The fraction of sp³-hybridized carbons (Fsp3) is 0.467. The molecule has 0 aliphatic carbocycles. The second-order valence-electron chi connectivity index (χ2n) is 4.06. The van der Waals surface area contributed by atoms with Gasteiger partial charge in [-0.05, 0) is 30.4 Å². The topological polar surface area (TPSA) is 20.2 Å². The zero-order valence-electron chi connectivity index (χ0n) is 10.2.